The molecule has 0 saturated carbocycles. The maximum absolute atomic E-state index is 13.0. The van der Waals surface area contributed by atoms with Crippen LogP contribution >= 0.6 is 0 Å². The topological polar surface area (TPSA) is 72.5 Å². The van der Waals surface area contributed by atoms with Gasteiger partial charge in [0, 0.05) is 5.56 Å². The van der Waals surface area contributed by atoms with Crippen LogP contribution in [-0.4, -0.2) is 11.1 Å². The van der Waals surface area contributed by atoms with Crippen LogP contribution < -0.4 is 10.5 Å². The number of carboxylic acid groups (broad SMARTS) is 1. The van der Waals surface area contributed by atoms with Gasteiger partial charge in [0.15, 0.2) is 5.75 Å². The zero-order valence-electron chi connectivity index (χ0n) is 19.8. The van der Waals surface area contributed by atoms with E-state index in [4.69, 9.17) is 10.5 Å². The minimum atomic E-state index is -4.42. The van der Waals surface area contributed by atoms with Crippen molar-refractivity contribution in [1.82, 2.24) is 0 Å². The Morgan fingerprint density at radius 2 is 1.58 bits per heavy atom. The van der Waals surface area contributed by atoms with Crippen LogP contribution in [0.5, 0.6) is 5.75 Å². The lowest BCUT2D eigenvalue weighted by Crippen LogP contribution is -2.09. The minimum absolute atomic E-state index is 0.0568. The number of ether oxygens (including phenoxy) is 1. The average molecular weight is 494 g/mol. The van der Waals surface area contributed by atoms with Crippen molar-refractivity contribution in [1.29, 1.82) is 0 Å². The van der Waals surface area contributed by atoms with Crippen LogP contribution in [0.15, 0.2) is 78.9 Å². The van der Waals surface area contributed by atoms with Gasteiger partial charge in [-0.25, -0.2) is 0 Å². The number of hydrogen-bond donors (Lipinski definition) is 2. The maximum atomic E-state index is 13.0. The first-order valence-corrected chi connectivity index (χ1v) is 11.5. The number of carboxylic acids is 1. The molecule has 2 atom stereocenters. The van der Waals surface area contributed by atoms with Gasteiger partial charge in [-0.2, -0.15) is 13.2 Å². The first-order valence-electron chi connectivity index (χ1n) is 11.5. The molecule has 0 aliphatic heterocycles. The fourth-order valence-corrected chi connectivity index (χ4v) is 4.23. The Labute approximate surface area is 207 Å². The smallest absolute Gasteiger partial charge is 0.416 e. The fourth-order valence-electron chi connectivity index (χ4n) is 4.23. The molecule has 0 spiro atoms. The molecule has 4 nitrogen and oxygen atoms in total. The zero-order valence-corrected chi connectivity index (χ0v) is 19.8. The number of alkyl halides is 3. The molecule has 36 heavy (non-hydrogen) atoms. The lowest BCUT2D eigenvalue weighted by Gasteiger charge is -2.22. The van der Waals surface area contributed by atoms with E-state index >= 15 is 0 Å². The molecule has 4 rings (SSSR count). The van der Waals surface area contributed by atoms with Crippen molar-refractivity contribution < 1.29 is 27.8 Å². The van der Waals surface area contributed by atoms with Crippen molar-refractivity contribution >= 4 is 22.4 Å². The lowest BCUT2D eigenvalue weighted by atomic mass is 9.92. The van der Waals surface area contributed by atoms with Crippen molar-refractivity contribution in [2.75, 3.05) is 5.73 Å². The molecule has 186 valence electrons. The van der Waals surface area contributed by atoms with Gasteiger partial charge in [0.2, 0.25) is 0 Å². The zero-order chi connectivity index (χ0) is 26.0. The summed E-state index contributed by atoms with van der Waals surface area (Å²) >= 11 is 0. The molecular formula is C29H26F3NO3. The number of anilines is 1. The van der Waals surface area contributed by atoms with Gasteiger partial charge in [-0.1, -0.05) is 55.5 Å². The summed E-state index contributed by atoms with van der Waals surface area (Å²) in [4.78, 5) is 11.3. The molecule has 2 unspecified atom stereocenters. The molecule has 0 heterocycles. The minimum Gasteiger partial charge on any atom is -0.483 e. The Morgan fingerprint density at radius 3 is 2.22 bits per heavy atom. The van der Waals surface area contributed by atoms with Crippen LogP contribution in [0, 0.1) is 0 Å². The Kier molecular flexibility index (Phi) is 6.93. The normalized spacial score (nSPS) is 13.4. The van der Waals surface area contributed by atoms with E-state index in [-0.39, 0.29) is 12.3 Å². The van der Waals surface area contributed by atoms with Crippen LogP contribution in [0.1, 0.15) is 49.0 Å². The molecule has 0 saturated heterocycles. The number of fused-ring (bicyclic) bond motifs is 1. The highest BCUT2D eigenvalue weighted by molar-refractivity contribution is 5.89. The monoisotopic (exact) mass is 493 g/mol. The van der Waals surface area contributed by atoms with Crippen molar-refractivity contribution in [2.24, 2.45) is 0 Å². The van der Waals surface area contributed by atoms with Crippen LogP contribution in [0.2, 0.25) is 0 Å². The Balaban J connectivity index is 1.77. The molecule has 0 aromatic heterocycles. The fraction of sp³-hybridized carbons (Fsp3) is 0.207. The van der Waals surface area contributed by atoms with E-state index in [0.717, 1.165) is 34.0 Å². The first kappa shape index (κ1) is 25.1. The highest BCUT2D eigenvalue weighted by Gasteiger charge is 2.30. The molecule has 0 radical (unpaired) electrons. The predicted molar refractivity (Wildman–Crippen MR) is 135 cm³/mol. The molecule has 4 aromatic rings. The molecule has 0 amide bonds. The third kappa shape index (κ3) is 5.46. The van der Waals surface area contributed by atoms with E-state index < -0.39 is 23.8 Å². The summed E-state index contributed by atoms with van der Waals surface area (Å²) in [5.74, 6) is -0.807. The number of carbonyl (C=O) groups is 1. The van der Waals surface area contributed by atoms with Gasteiger partial charge in [0.1, 0.15) is 6.10 Å². The number of benzene rings is 4. The second kappa shape index (κ2) is 9.93. The van der Waals surface area contributed by atoms with E-state index in [1.54, 1.807) is 13.0 Å². The molecular weight excluding hydrogens is 467 g/mol. The average Bonchev–Trinajstić information content (AvgIpc) is 2.83. The van der Waals surface area contributed by atoms with Gasteiger partial charge >= 0.3 is 12.1 Å². The summed E-state index contributed by atoms with van der Waals surface area (Å²) in [6, 6.07) is 22.2. The highest BCUT2D eigenvalue weighted by Crippen LogP contribution is 2.42. The van der Waals surface area contributed by atoms with Crippen molar-refractivity contribution in [3.05, 3.63) is 95.6 Å². The number of aliphatic carboxylic acids is 1. The van der Waals surface area contributed by atoms with Crippen LogP contribution in [-0.2, 0) is 11.0 Å². The standard InChI is InChI=1S/C29H26F3NO3/c1-17(13-27(34)35)23-15-25(22-8-7-20-5-3-4-6-21(20)14-22)28(26(33)16-23)36-18(2)19-9-11-24(12-10-19)29(30,31)32/h3-12,14-18H,13,33H2,1-2H3,(H,34,35). The van der Waals surface area contributed by atoms with Crippen molar-refractivity contribution in [2.45, 2.75) is 38.5 Å². The van der Waals surface area contributed by atoms with E-state index in [1.165, 1.54) is 12.1 Å². The van der Waals surface area contributed by atoms with E-state index in [0.29, 0.717) is 22.6 Å². The van der Waals surface area contributed by atoms with Gasteiger partial charge in [-0.3, -0.25) is 4.79 Å². The summed E-state index contributed by atoms with van der Waals surface area (Å²) < 4.78 is 45.2. The molecule has 0 bridgehead atoms. The van der Waals surface area contributed by atoms with Crippen molar-refractivity contribution in [3.63, 3.8) is 0 Å². The molecule has 4 aromatic carbocycles. The molecule has 0 aliphatic carbocycles. The van der Waals surface area contributed by atoms with Crippen LogP contribution in [0.3, 0.4) is 0 Å². The number of nitrogens with two attached hydrogens (primary N) is 1. The third-order valence-corrected chi connectivity index (χ3v) is 6.25. The second-order valence-electron chi connectivity index (χ2n) is 8.93. The molecule has 0 fully saturated rings. The largest absolute Gasteiger partial charge is 0.483 e. The van der Waals surface area contributed by atoms with Crippen LogP contribution in [0.4, 0.5) is 18.9 Å². The van der Waals surface area contributed by atoms with Gasteiger partial charge in [0.05, 0.1) is 17.7 Å². The maximum Gasteiger partial charge on any atom is 0.416 e. The third-order valence-electron chi connectivity index (χ3n) is 6.25. The van der Waals surface area contributed by atoms with Gasteiger partial charge < -0.3 is 15.6 Å². The number of halogens is 3. The Bertz CT molecular complexity index is 1400. The summed E-state index contributed by atoms with van der Waals surface area (Å²) in [5, 5.41) is 11.3. The van der Waals surface area contributed by atoms with E-state index in [9.17, 15) is 23.1 Å². The number of nitrogen functional groups attached to an aromatic ring is 1. The number of hydrogen-bond acceptors (Lipinski definition) is 3. The van der Waals surface area contributed by atoms with Gasteiger partial charge in [-0.05, 0) is 70.6 Å². The lowest BCUT2D eigenvalue weighted by molar-refractivity contribution is -0.138. The van der Waals surface area contributed by atoms with E-state index in [2.05, 4.69) is 0 Å². The molecule has 3 N–H and O–H groups in total. The highest BCUT2D eigenvalue weighted by atomic mass is 19.4. The SMILES string of the molecule is CC(CC(=O)O)c1cc(N)c(OC(C)c2ccc(C(F)(F)F)cc2)c(-c2ccc3ccccc3c2)c1. The van der Waals surface area contributed by atoms with E-state index in [1.807, 2.05) is 55.5 Å². The van der Waals surface area contributed by atoms with Gasteiger partial charge in [-0.15, -0.1) is 0 Å². The predicted octanol–water partition coefficient (Wildman–Crippen LogP) is 7.83. The summed E-state index contributed by atoms with van der Waals surface area (Å²) in [6.07, 6.45) is -5.06. The molecule has 0 aliphatic rings. The Hall–Kier alpha value is -4.00. The van der Waals surface area contributed by atoms with Gasteiger partial charge in [0.25, 0.3) is 0 Å². The van der Waals surface area contributed by atoms with Crippen molar-refractivity contribution in [3.8, 4) is 16.9 Å². The summed E-state index contributed by atoms with van der Waals surface area (Å²) in [6.45, 7) is 3.56. The summed E-state index contributed by atoms with van der Waals surface area (Å²) in [5.41, 5.74) is 8.86. The Morgan fingerprint density at radius 1 is 0.917 bits per heavy atom. The second-order valence-corrected chi connectivity index (χ2v) is 8.93. The quantitative estimate of drug-likeness (QED) is 0.257. The molecule has 7 heteroatoms. The van der Waals surface area contributed by atoms with Crippen LogP contribution in [0.25, 0.3) is 21.9 Å². The number of rotatable bonds is 7. The summed E-state index contributed by atoms with van der Waals surface area (Å²) in [7, 11) is 0. The first-order chi connectivity index (χ1) is 17.0.